The number of piperazine rings is 1. The quantitative estimate of drug-likeness (QED) is 0.791. The van der Waals surface area contributed by atoms with Crippen molar-refractivity contribution < 1.29 is 0 Å². The highest BCUT2D eigenvalue weighted by Crippen LogP contribution is 2.29. The second-order valence-corrected chi connectivity index (χ2v) is 5.59. The van der Waals surface area contributed by atoms with E-state index in [2.05, 4.69) is 52.2 Å². The highest BCUT2D eigenvalue weighted by atomic mass is 35.5. The fourth-order valence-corrected chi connectivity index (χ4v) is 2.87. The van der Waals surface area contributed by atoms with Gasteiger partial charge in [-0.25, -0.2) is 4.98 Å². The minimum Gasteiger partial charge on any atom is -0.347 e. The number of aromatic nitrogens is 1. The van der Waals surface area contributed by atoms with Crippen molar-refractivity contribution in [2.45, 2.75) is 6.04 Å². The van der Waals surface area contributed by atoms with Crippen LogP contribution in [0.2, 0.25) is 5.15 Å². The molecule has 0 saturated carbocycles. The van der Waals surface area contributed by atoms with E-state index >= 15 is 0 Å². The van der Waals surface area contributed by atoms with Gasteiger partial charge in [-0.05, 0) is 24.7 Å². The standard InChI is InChI=1S/C16H18ClN3/c1-19-10-11-20(16-9-5-8-15(17)18-16)14(12-19)13-6-3-2-4-7-13/h2-9,14H,10-12H2,1H3. The Morgan fingerprint density at radius 1 is 1.05 bits per heavy atom. The van der Waals surface area contributed by atoms with Crippen molar-refractivity contribution in [3.63, 3.8) is 0 Å². The average molecular weight is 288 g/mol. The summed E-state index contributed by atoms with van der Waals surface area (Å²) >= 11 is 6.04. The van der Waals surface area contributed by atoms with Crippen LogP contribution in [0.3, 0.4) is 0 Å². The molecule has 1 aliphatic rings. The van der Waals surface area contributed by atoms with Gasteiger partial charge in [0.1, 0.15) is 11.0 Å². The first-order valence-electron chi connectivity index (χ1n) is 6.87. The Bertz CT molecular complexity index is 573. The van der Waals surface area contributed by atoms with Crippen molar-refractivity contribution >= 4 is 17.4 Å². The zero-order chi connectivity index (χ0) is 13.9. The summed E-state index contributed by atoms with van der Waals surface area (Å²) in [6.07, 6.45) is 0. The molecule has 1 aromatic heterocycles. The lowest BCUT2D eigenvalue weighted by molar-refractivity contribution is 0.268. The van der Waals surface area contributed by atoms with Gasteiger partial charge in [-0.2, -0.15) is 0 Å². The van der Waals surface area contributed by atoms with E-state index in [-0.39, 0.29) is 0 Å². The van der Waals surface area contributed by atoms with E-state index in [1.54, 1.807) is 0 Å². The minimum atomic E-state index is 0.320. The molecule has 1 fully saturated rings. The van der Waals surface area contributed by atoms with Crippen LogP contribution in [-0.2, 0) is 0 Å². The van der Waals surface area contributed by atoms with E-state index in [9.17, 15) is 0 Å². The summed E-state index contributed by atoms with van der Waals surface area (Å²) in [5.41, 5.74) is 1.32. The molecule has 1 aromatic carbocycles. The van der Waals surface area contributed by atoms with Crippen molar-refractivity contribution in [3.05, 3.63) is 59.2 Å². The van der Waals surface area contributed by atoms with Crippen molar-refractivity contribution in [2.75, 3.05) is 31.6 Å². The zero-order valence-electron chi connectivity index (χ0n) is 11.5. The molecular weight excluding hydrogens is 270 g/mol. The molecule has 3 nitrogen and oxygen atoms in total. The molecule has 0 spiro atoms. The molecule has 0 radical (unpaired) electrons. The molecule has 3 rings (SSSR count). The zero-order valence-corrected chi connectivity index (χ0v) is 12.3. The topological polar surface area (TPSA) is 19.4 Å². The summed E-state index contributed by atoms with van der Waals surface area (Å²) in [5, 5.41) is 0.549. The lowest BCUT2D eigenvalue weighted by Gasteiger charge is -2.41. The second kappa shape index (κ2) is 5.81. The van der Waals surface area contributed by atoms with Gasteiger partial charge >= 0.3 is 0 Å². The van der Waals surface area contributed by atoms with Crippen LogP contribution in [0.4, 0.5) is 5.82 Å². The predicted molar refractivity (Wildman–Crippen MR) is 83.3 cm³/mol. The lowest BCUT2D eigenvalue weighted by atomic mass is 10.0. The van der Waals surface area contributed by atoms with Crippen molar-refractivity contribution in [1.29, 1.82) is 0 Å². The van der Waals surface area contributed by atoms with Crippen LogP contribution in [0.25, 0.3) is 0 Å². The fraction of sp³-hybridized carbons (Fsp3) is 0.312. The van der Waals surface area contributed by atoms with Crippen molar-refractivity contribution in [2.24, 2.45) is 0 Å². The predicted octanol–water partition coefficient (Wildman–Crippen LogP) is 3.23. The summed E-state index contributed by atoms with van der Waals surface area (Å²) in [7, 11) is 2.17. The van der Waals surface area contributed by atoms with Crippen LogP contribution >= 0.6 is 11.6 Å². The molecular formula is C16H18ClN3. The van der Waals surface area contributed by atoms with Crippen molar-refractivity contribution in [3.8, 4) is 0 Å². The maximum Gasteiger partial charge on any atom is 0.131 e. The van der Waals surface area contributed by atoms with Crippen LogP contribution in [0.1, 0.15) is 11.6 Å². The normalized spacial score (nSPS) is 20.1. The molecule has 0 bridgehead atoms. The number of anilines is 1. The maximum absolute atomic E-state index is 6.04. The number of nitrogens with zero attached hydrogens (tertiary/aromatic N) is 3. The summed E-state index contributed by atoms with van der Waals surface area (Å²) < 4.78 is 0. The van der Waals surface area contributed by atoms with Gasteiger partial charge < -0.3 is 9.80 Å². The van der Waals surface area contributed by atoms with Gasteiger partial charge in [0.05, 0.1) is 6.04 Å². The van der Waals surface area contributed by atoms with E-state index in [0.717, 1.165) is 25.5 Å². The maximum atomic E-state index is 6.04. The van der Waals surface area contributed by atoms with Crippen LogP contribution in [-0.4, -0.2) is 36.6 Å². The molecule has 104 valence electrons. The summed E-state index contributed by atoms with van der Waals surface area (Å²) in [5.74, 6) is 0.958. The molecule has 1 saturated heterocycles. The van der Waals surface area contributed by atoms with Crippen LogP contribution < -0.4 is 4.90 Å². The third-order valence-electron chi connectivity index (χ3n) is 3.76. The SMILES string of the molecule is CN1CCN(c2cccc(Cl)n2)C(c2ccccc2)C1. The van der Waals surface area contributed by atoms with Gasteiger partial charge in [0, 0.05) is 19.6 Å². The fourth-order valence-electron chi connectivity index (χ4n) is 2.71. The van der Waals surface area contributed by atoms with Gasteiger partial charge in [-0.1, -0.05) is 48.0 Å². The smallest absolute Gasteiger partial charge is 0.131 e. The Hall–Kier alpha value is -1.58. The van der Waals surface area contributed by atoms with E-state index in [1.807, 2.05) is 18.2 Å². The molecule has 1 unspecified atom stereocenters. The number of benzene rings is 1. The monoisotopic (exact) mass is 287 g/mol. The van der Waals surface area contributed by atoms with Crippen molar-refractivity contribution in [1.82, 2.24) is 9.88 Å². The highest BCUT2D eigenvalue weighted by molar-refractivity contribution is 6.29. The lowest BCUT2D eigenvalue weighted by Crippen LogP contribution is -2.47. The van der Waals surface area contributed by atoms with Gasteiger partial charge in [-0.15, -0.1) is 0 Å². The number of halogens is 1. The Labute approximate surface area is 124 Å². The van der Waals surface area contributed by atoms with E-state index in [4.69, 9.17) is 11.6 Å². The molecule has 0 aliphatic carbocycles. The summed E-state index contributed by atoms with van der Waals surface area (Å²) in [6, 6.07) is 16.7. The average Bonchev–Trinajstić information content (AvgIpc) is 2.48. The molecule has 4 heteroatoms. The van der Waals surface area contributed by atoms with Gasteiger partial charge in [0.25, 0.3) is 0 Å². The Morgan fingerprint density at radius 2 is 1.85 bits per heavy atom. The first-order chi connectivity index (χ1) is 9.74. The van der Waals surface area contributed by atoms with Crippen LogP contribution in [0.5, 0.6) is 0 Å². The third-order valence-corrected chi connectivity index (χ3v) is 3.97. The first kappa shape index (κ1) is 13.4. The first-order valence-corrected chi connectivity index (χ1v) is 7.24. The van der Waals surface area contributed by atoms with Crippen LogP contribution in [0, 0.1) is 0 Å². The number of hydrogen-bond acceptors (Lipinski definition) is 3. The molecule has 1 aliphatic heterocycles. The molecule has 1 atom stereocenters. The molecule has 0 N–H and O–H groups in total. The highest BCUT2D eigenvalue weighted by Gasteiger charge is 2.27. The van der Waals surface area contributed by atoms with Gasteiger partial charge in [-0.3, -0.25) is 0 Å². The van der Waals surface area contributed by atoms with Crippen LogP contribution in [0.15, 0.2) is 48.5 Å². The Morgan fingerprint density at radius 3 is 2.60 bits per heavy atom. The van der Waals surface area contributed by atoms with E-state index in [0.29, 0.717) is 11.2 Å². The Kier molecular flexibility index (Phi) is 3.90. The largest absolute Gasteiger partial charge is 0.347 e. The number of pyridine rings is 1. The molecule has 20 heavy (non-hydrogen) atoms. The molecule has 0 amide bonds. The summed E-state index contributed by atoms with van der Waals surface area (Å²) in [4.78, 5) is 9.18. The third kappa shape index (κ3) is 2.79. The number of rotatable bonds is 2. The Balaban J connectivity index is 1.95. The van der Waals surface area contributed by atoms with Gasteiger partial charge in [0.2, 0.25) is 0 Å². The number of likely N-dealkylation sites (N-methyl/N-ethyl adjacent to an activating group) is 1. The molecule has 2 heterocycles. The minimum absolute atomic E-state index is 0.320. The van der Waals surface area contributed by atoms with Gasteiger partial charge in [0.15, 0.2) is 0 Å². The number of hydrogen-bond donors (Lipinski definition) is 0. The summed E-state index contributed by atoms with van der Waals surface area (Å²) in [6.45, 7) is 3.00. The molecule has 2 aromatic rings. The van der Waals surface area contributed by atoms with E-state index in [1.165, 1.54) is 5.56 Å². The van der Waals surface area contributed by atoms with E-state index < -0.39 is 0 Å². The second-order valence-electron chi connectivity index (χ2n) is 5.20.